The zero-order valence-electron chi connectivity index (χ0n) is 10.7. The van der Waals surface area contributed by atoms with Gasteiger partial charge in [0.1, 0.15) is 6.17 Å². The number of allylic oxidation sites excluding steroid dienone is 1. The normalized spacial score (nSPS) is 30.1. The van der Waals surface area contributed by atoms with Crippen molar-refractivity contribution in [1.29, 1.82) is 0 Å². The predicted octanol–water partition coefficient (Wildman–Crippen LogP) is 0.512. The molecule has 2 fully saturated rings. The molecule has 0 aromatic heterocycles. The lowest BCUT2D eigenvalue weighted by Crippen LogP contribution is -2.55. The summed E-state index contributed by atoms with van der Waals surface area (Å²) in [6.07, 6.45) is 0.0208. The lowest BCUT2D eigenvalue weighted by atomic mass is 10.0. The van der Waals surface area contributed by atoms with E-state index in [-0.39, 0.29) is 17.8 Å². The minimum absolute atomic E-state index is 0.243. The molecule has 2 aliphatic heterocycles. The van der Waals surface area contributed by atoms with Crippen LogP contribution in [0.1, 0.15) is 6.42 Å². The fourth-order valence-electron chi connectivity index (χ4n) is 2.24. The third kappa shape index (κ3) is 3.25. The van der Waals surface area contributed by atoms with Gasteiger partial charge in [-0.1, -0.05) is 11.6 Å². The van der Waals surface area contributed by atoms with Crippen molar-refractivity contribution < 1.29 is 14.1 Å². The molecule has 20 heavy (non-hydrogen) atoms. The standard InChI is InChI=1S/C11H16ClFN4O3/c12-11(10(3-14)17(18)19)15-9-1-2-16(4-8(9)13)7-5-20-6-7/h3,7-9H,1-2,4-6,14H2. The molecular formula is C11H16ClFN4O3. The molecule has 2 heterocycles. The van der Waals surface area contributed by atoms with E-state index in [1.165, 1.54) is 0 Å². The Balaban J connectivity index is 1.98. The number of piperidine rings is 1. The van der Waals surface area contributed by atoms with Gasteiger partial charge in [0.25, 0.3) is 0 Å². The molecule has 0 spiro atoms. The van der Waals surface area contributed by atoms with Gasteiger partial charge in [-0.15, -0.1) is 0 Å². The van der Waals surface area contributed by atoms with Gasteiger partial charge in [-0.05, 0) is 6.42 Å². The van der Waals surface area contributed by atoms with Gasteiger partial charge in [-0.2, -0.15) is 0 Å². The van der Waals surface area contributed by atoms with Crippen LogP contribution in [0, 0.1) is 10.1 Å². The number of halogens is 2. The number of likely N-dealkylation sites (tertiary alicyclic amines) is 1. The summed E-state index contributed by atoms with van der Waals surface area (Å²) in [5, 5.41) is 10.3. The first-order valence-corrected chi connectivity index (χ1v) is 6.66. The van der Waals surface area contributed by atoms with Crippen LogP contribution in [0.2, 0.25) is 0 Å². The summed E-state index contributed by atoms with van der Waals surface area (Å²) in [7, 11) is 0. The molecule has 2 saturated heterocycles. The number of alkyl halides is 1. The Morgan fingerprint density at radius 1 is 1.60 bits per heavy atom. The van der Waals surface area contributed by atoms with Crippen molar-refractivity contribution in [2.75, 3.05) is 26.3 Å². The second kappa shape index (κ2) is 6.47. The zero-order chi connectivity index (χ0) is 14.7. The van der Waals surface area contributed by atoms with Gasteiger partial charge < -0.3 is 10.5 Å². The van der Waals surface area contributed by atoms with E-state index in [4.69, 9.17) is 22.1 Å². The van der Waals surface area contributed by atoms with Crippen molar-refractivity contribution in [3.8, 4) is 0 Å². The van der Waals surface area contributed by atoms with Crippen LogP contribution in [0.4, 0.5) is 4.39 Å². The third-order valence-electron chi connectivity index (χ3n) is 3.52. The third-order valence-corrected chi connectivity index (χ3v) is 3.81. The Hall–Kier alpha value is -1.25. The van der Waals surface area contributed by atoms with Crippen LogP contribution in [0.3, 0.4) is 0 Å². The van der Waals surface area contributed by atoms with Crippen molar-refractivity contribution in [3.63, 3.8) is 0 Å². The molecule has 2 N–H and O–H groups in total. The molecule has 2 unspecified atom stereocenters. The maximum Gasteiger partial charge on any atom is 0.321 e. The Morgan fingerprint density at radius 3 is 2.75 bits per heavy atom. The predicted molar refractivity (Wildman–Crippen MR) is 72.0 cm³/mol. The molecule has 112 valence electrons. The van der Waals surface area contributed by atoms with Gasteiger partial charge in [0.2, 0.25) is 5.17 Å². The maximum absolute atomic E-state index is 14.1. The number of hydrogen-bond acceptors (Lipinski definition) is 6. The number of nitro groups is 1. The smallest absolute Gasteiger partial charge is 0.321 e. The van der Waals surface area contributed by atoms with Gasteiger partial charge in [-0.25, -0.2) is 4.39 Å². The number of hydrogen-bond donors (Lipinski definition) is 1. The summed E-state index contributed by atoms with van der Waals surface area (Å²) in [6, 6.07) is -0.401. The lowest BCUT2D eigenvalue weighted by Gasteiger charge is -2.41. The average molecular weight is 307 g/mol. The van der Waals surface area contributed by atoms with Crippen molar-refractivity contribution in [2.45, 2.75) is 24.7 Å². The van der Waals surface area contributed by atoms with Crippen LogP contribution < -0.4 is 5.73 Å². The minimum Gasteiger partial charge on any atom is -0.399 e. The summed E-state index contributed by atoms with van der Waals surface area (Å²) in [6.45, 7) is 2.17. The Labute approximate surface area is 120 Å². The van der Waals surface area contributed by atoms with E-state index in [2.05, 4.69) is 4.99 Å². The van der Waals surface area contributed by atoms with Crippen LogP contribution in [-0.2, 0) is 4.74 Å². The summed E-state index contributed by atoms with van der Waals surface area (Å²) < 4.78 is 19.2. The Bertz CT molecular complexity index is 441. The number of nitrogens with zero attached hydrogens (tertiary/aromatic N) is 3. The monoisotopic (exact) mass is 306 g/mol. The molecule has 9 heteroatoms. The maximum atomic E-state index is 14.1. The first-order valence-electron chi connectivity index (χ1n) is 6.28. The topological polar surface area (TPSA) is 94.0 Å². The molecule has 2 atom stereocenters. The van der Waals surface area contributed by atoms with Gasteiger partial charge in [0.05, 0.1) is 36.4 Å². The first-order chi connectivity index (χ1) is 9.52. The molecule has 2 rings (SSSR count). The van der Waals surface area contributed by atoms with Gasteiger partial charge in [0, 0.05) is 13.1 Å². The van der Waals surface area contributed by atoms with E-state index >= 15 is 0 Å². The number of ether oxygens (including phenoxy) is 1. The van der Waals surface area contributed by atoms with Crippen LogP contribution in [0.25, 0.3) is 0 Å². The van der Waals surface area contributed by atoms with Crippen LogP contribution >= 0.6 is 11.6 Å². The van der Waals surface area contributed by atoms with Crippen molar-refractivity contribution in [1.82, 2.24) is 4.90 Å². The average Bonchev–Trinajstić information content (AvgIpc) is 2.30. The second-order valence-corrected chi connectivity index (χ2v) is 5.15. The van der Waals surface area contributed by atoms with Crippen LogP contribution in [0.5, 0.6) is 0 Å². The van der Waals surface area contributed by atoms with Crippen molar-refractivity contribution in [2.24, 2.45) is 10.7 Å². The van der Waals surface area contributed by atoms with Crippen LogP contribution in [0.15, 0.2) is 16.9 Å². The summed E-state index contributed by atoms with van der Waals surface area (Å²) in [5.74, 6) is 0. The number of nitrogens with two attached hydrogens (primary N) is 1. The van der Waals surface area contributed by atoms with E-state index in [1.54, 1.807) is 0 Å². The molecule has 0 aromatic carbocycles. The highest BCUT2D eigenvalue weighted by Crippen LogP contribution is 2.23. The fourth-order valence-corrected chi connectivity index (χ4v) is 2.50. The molecule has 0 saturated carbocycles. The molecule has 2 aliphatic rings. The van der Waals surface area contributed by atoms with E-state index in [9.17, 15) is 14.5 Å². The van der Waals surface area contributed by atoms with Gasteiger partial charge in [-0.3, -0.25) is 20.0 Å². The highest BCUT2D eigenvalue weighted by atomic mass is 35.5. The Morgan fingerprint density at radius 2 is 2.30 bits per heavy atom. The largest absolute Gasteiger partial charge is 0.399 e. The highest BCUT2D eigenvalue weighted by molar-refractivity contribution is 6.69. The van der Waals surface area contributed by atoms with E-state index < -0.39 is 22.8 Å². The van der Waals surface area contributed by atoms with E-state index in [0.29, 0.717) is 26.2 Å². The first kappa shape index (κ1) is 15.1. The Kier molecular flexibility index (Phi) is 4.90. The quantitative estimate of drug-likeness (QED) is 0.464. The lowest BCUT2D eigenvalue weighted by molar-refractivity contribution is -0.414. The SMILES string of the molecule is NC=C(C(Cl)=NC1CCN(C2COC2)CC1F)[N+](=O)[O-]. The van der Waals surface area contributed by atoms with E-state index in [1.807, 2.05) is 4.90 Å². The molecule has 0 amide bonds. The van der Waals surface area contributed by atoms with Crippen molar-refractivity contribution >= 4 is 16.8 Å². The molecule has 7 nitrogen and oxygen atoms in total. The minimum atomic E-state index is -1.20. The second-order valence-electron chi connectivity index (χ2n) is 4.79. The number of aliphatic imine (C=N–C) groups is 1. The zero-order valence-corrected chi connectivity index (χ0v) is 11.5. The fraction of sp³-hybridized carbons (Fsp3) is 0.727. The van der Waals surface area contributed by atoms with Crippen LogP contribution in [-0.4, -0.2) is 59.6 Å². The summed E-state index contributed by atoms with van der Waals surface area (Å²) in [5.41, 5.74) is 4.61. The molecule has 0 aromatic rings. The highest BCUT2D eigenvalue weighted by Gasteiger charge is 2.35. The molecule has 0 aliphatic carbocycles. The summed E-state index contributed by atoms with van der Waals surface area (Å²) >= 11 is 5.74. The van der Waals surface area contributed by atoms with E-state index in [0.717, 1.165) is 6.20 Å². The number of rotatable bonds is 4. The van der Waals surface area contributed by atoms with Gasteiger partial charge >= 0.3 is 5.70 Å². The molecule has 0 radical (unpaired) electrons. The molecule has 0 bridgehead atoms. The van der Waals surface area contributed by atoms with Gasteiger partial charge in [0.15, 0.2) is 0 Å². The molecular weight excluding hydrogens is 291 g/mol. The van der Waals surface area contributed by atoms with Crippen molar-refractivity contribution in [3.05, 3.63) is 22.0 Å². The summed E-state index contributed by atoms with van der Waals surface area (Å²) in [4.78, 5) is 15.8.